The quantitative estimate of drug-likeness (QED) is 0.649. The summed E-state index contributed by atoms with van der Waals surface area (Å²) in [5.74, 6) is -0.444. The van der Waals surface area contributed by atoms with E-state index in [2.05, 4.69) is 9.97 Å². The van der Waals surface area contributed by atoms with Gasteiger partial charge in [0, 0.05) is 18.0 Å². The fraction of sp³-hybridized carbons (Fsp3) is 0. The van der Waals surface area contributed by atoms with E-state index in [4.69, 9.17) is 0 Å². The van der Waals surface area contributed by atoms with Gasteiger partial charge < -0.3 is 4.98 Å². The van der Waals surface area contributed by atoms with Gasteiger partial charge in [0.05, 0.1) is 5.39 Å². The molecule has 0 aliphatic carbocycles. The van der Waals surface area contributed by atoms with Crippen LogP contribution in [0, 0.1) is 5.82 Å². The first-order valence-corrected chi connectivity index (χ1v) is 3.39. The lowest BCUT2D eigenvalue weighted by Crippen LogP contribution is -1.84. The topological polar surface area (TPSA) is 45.8 Å². The zero-order chi connectivity index (χ0) is 8.55. The Bertz CT molecular complexity index is 436. The van der Waals surface area contributed by atoms with E-state index in [9.17, 15) is 9.18 Å². The van der Waals surface area contributed by atoms with Crippen molar-refractivity contribution < 1.29 is 9.18 Å². The van der Waals surface area contributed by atoms with Crippen molar-refractivity contribution in [2.45, 2.75) is 0 Å². The summed E-state index contributed by atoms with van der Waals surface area (Å²) in [6.45, 7) is 0. The van der Waals surface area contributed by atoms with E-state index in [0.717, 1.165) is 0 Å². The molecular formula is C8H5FN2O. The van der Waals surface area contributed by atoms with Crippen LogP contribution in [0.1, 0.15) is 10.4 Å². The summed E-state index contributed by atoms with van der Waals surface area (Å²) in [6.07, 6.45) is 3.26. The van der Waals surface area contributed by atoms with Gasteiger partial charge in [0.2, 0.25) is 0 Å². The minimum atomic E-state index is -0.444. The molecule has 0 aliphatic rings. The lowest BCUT2D eigenvalue weighted by Gasteiger charge is -1.91. The minimum Gasteiger partial charge on any atom is -0.343 e. The van der Waals surface area contributed by atoms with E-state index in [-0.39, 0.29) is 5.39 Å². The number of nitrogens with zero attached hydrogens (tertiary/aromatic N) is 1. The number of hydrogen-bond acceptors (Lipinski definition) is 2. The van der Waals surface area contributed by atoms with Crippen LogP contribution in [-0.2, 0) is 0 Å². The molecule has 0 saturated carbocycles. The van der Waals surface area contributed by atoms with Crippen LogP contribution >= 0.6 is 0 Å². The molecule has 2 aromatic heterocycles. The molecule has 12 heavy (non-hydrogen) atoms. The highest BCUT2D eigenvalue weighted by Crippen LogP contribution is 2.17. The van der Waals surface area contributed by atoms with Crippen LogP contribution in [0.15, 0.2) is 18.5 Å². The number of aromatic nitrogens is 2. The fourth-order valence-corrected chi connectivity index (χ4v) is 1.14. The molecule has 0 amide bonds. The molecule has 0 atom stereocenters. The summed E-state index contributed by atoms with van der Waals surface area (Å²) in [7, 11) is 0. The molecule has 0 fully saturated rings. The molecule has 0 saturated heterocycles. The van der Waals surface area contributed by atoms with Crippen molar-refractivity contribution in [1.29, 1.82) is 0 Å². The van der Waals surface area contributed by atoms with Gasteiger partial charge in [0.25, 0.3) is 0 Å². The molecule has 0 aliphatic heterocycles. The SMILES string of the molecule is O=Cc1ccnc2[nH]cc(F)c12. The zero-order valence-electron chi connectivity index (χ0n) is 6.04. The van der Waals surface area contributed by atoms with Crippen LogP contribution in [0.3, 0.4) is 0 Å². The van der Waals surface area contributed by atoms with Crippen LogP contribution in [0.25, 0.3) is 11.0 Å². The molecule has 0 unspecified atom stereocenters. The maximum absolute atomic E-state index is 13.0. The second-order valence-electron chi connectivity index (χ2n) is 2.38. The van der Waals surface area contributed by atoms with Crippen molar-refractivity contribution in [3.05, 3.63) is 29.8 Å². The van der Waals surface area contributed by atoms with Gasteiger partial charge >= 0.3 is 0 Å². The Labute approximate surface area is 67.2 Å². The summed E-state index contributed by atoms with van der Waals surface area (Å²) >= 11 is 0. The van der Waals surface area contributed by atoms with Crippen molar-refractivity contribution >= 4 is 17.3 Å². The second kappa shape index (κ2) is 2.41. The van der Waals surface area contributed by atoms with Gasteiger partial charge in [-0.25, -0.2) is 9.37 Å². The van der Waals surface area contributed by atoms with Crippen LogP contribution in [0.5, 0.6) is 0 Å². The number of carbonyl (C=O) groups excluding carboxylic acids is 1. The summed E-state index contributed by atoms with van der Waals surface area (Å²) in [5.41, 5.74) is 0.718. The van der Waals surface area contributed by atoms with Crippen molar-refractivity contribution in [2.24, 2.45) is 0 Å². The van der Waals surface area contributed by atoms with Gasteiger partial charge in [-0.1, -0.05) is 0 Å². The minimum absolute atomic E-state index is 0.257. The fourth-order valence-electron chi connectivity index (χ4n) is 1.14. The van der Waals surface area contributed by atoms with Crippen molar-refractivity contribution in [1.82, 2.24) is 9.97 Å². The lowest BCUT2D eigenvalue weighted by atomic mass is 10.2. The van der Waals surface area contributed by atoms with Crippen LogP contribution in [-0.4, -0.2) is 16.3 Å². The van der Waals surface area contributed by atoms with E-state index in [0.29, 0.717) is 17.5 Å². The smallest absolute Gasteiger partial charge is 0.150 e. The van der Waals surface area contributed by atoms with E-state index in [1.54, 1.807) is 0 Å². The number of fused-ring (bicyclic) bond motifs is 1. The summed E-state index contributed by atoms with van der Waals surface area (Å²) in [5, 5.41) is 0.257. The Morgan fingerprint density at radius 3 is 3.17 bits per heavy atom. The average molecular weight is 164 g/mol. The van der Waals surface area contributed by atoms with Crippen LogP contribution in [0.4, 0.5) is 4.39 Å². The predicted molar refractivity (Wildman–Crippen MR) is 41.4 cm³/mol. The first kappa shape index (κ1) is 6.97. The molecule has 0 aromatic carbocycles. The molecule has 4 heteroatoms. The number of aldehydes is 1. The molecule has 60 valence electrons. The standard InChI is InChI=1S/C8H5FN2O/c9-6-3-11-8-7(6)5(4-12)1-2-10-8/h1-4H,(H,10,11). The number of aromatic amines is 1. The lowest BCUT2D eigenvalue weighted by molar-refractivity contribution is 0.112. The average Bonchev–Trinajstić information content (AvgIpc) is 2.48. The number of halogens is 1. The van der Waals surface area contributed by atoms with E-state index in [1.165, 1.54) is 18.5 Å². The Morgan fingerprint density at radius 1 is 1.58 bits per heavy atom. The summed E-state index contributed by atoms with van der Waals surface area (Å²) in [4.78, 5) is 16.9. The maximum Gasteiger partial charge on any atom is 0.150 e. The molecule has 2 heterocycles. The van der Waals surface area contributed by atoms with Gasteiger partial charge in [-0.3, -0.25) is 4.79 Å². The van der Waals surface area contributed by atoms with Crippen molar-refractivity contribution in [3.8, 4) is 0 Å². The number of rotatable bonds is 1. The van der Waals surface area contributed by atoms with Crippen molar-refractivity contribution in [3.63, 3.8) is 0 Å². The van der Waals surface area contributed by atoms with Gasteiger partial charge in [-0.05, 0) is 6.07 Å². The summed E-state index contributed by atoms with van der Waals surface area (Å²) in [6, 6.07) is 1.48. The highest BCUT2D eigenvalue weighted by Gasteiger charge is 2.07. The normalized spacial score (nSPS) is 10.4. The molecular weight excluding hydrogens is 159 g/mol. The van der Waals surface area contributed by atoms with Gasteiger partial charge in [-0.15, -0.1) is 0 Å². The first-order chi connectivity index (χ1) is 5.83. The monoisotopic (exact) mass is 164 g/mol. The van der Waals surface area contributed by atoms with E-state index >= 15 is 0 Å². The third-order valence-electron chi connectivity index (χ3n) is 1.68. The number of H-pyrrole nitrogens is 1. The number of hydrogen-bond donors (Lipinski definition) is 1. The molecule has 0 radical (unpaired) electrons. The Kier molecular flexibility index (Phi) is 1.40. The molecule has 0 bridgehead atoms. The number of carbonyl (C=O) groups is 1. The third-order valence-corrected chi connectivity index (χ3v) is 1.68. The zero-order valence-corrected chi connectivity index (χ0v) is 6.04. The van der Waals surface area contributed by atoms with Crippen molar-refractivity contribution in [2.75, 3.05) is 0 Å². The Morgan fingerprint density at radius 2 is 2.42 bits per heavy atom. The molecule has 2 aromatic rings. The highest BCUT2D eigenvalue weighted by molar-refractivity contribution is 5.95. The second-order valence-corrected chi connectivity index (χ2v) is 2.38. The number of nitrogens with one attached hydrogen (secondary N) is 1. The van der Waals surface area contributed by atoms with E-state index < -0.39 is 5.82 Å². The maximum atomic E-state index is 13.0. The number of pyridine rings is 1. The largest absolute Gasteiger partial charge is 0.343 e. The van der Waals surface area contributed by atoms with Crippen LogP contribution in [0.2, 0.25) is 0 Å². The van der Waals surface area contributed by atoms with E-state index in [1.807, 2.05) is 0 Å². The predicted octanol–water partition coefficient (Wildman–Crippen LogP) is 1.51. The molecule has 2 rings (SSSR count). The van der Waals surface area contributed by atoms with Gasteiger partial charge in [-0.2, -0.15) is 0 Å². The Balaban J connectivity index is 2.93. The third kappa shape index (κ3) is 0.812. The van der Waals surface area contributed by atoms with Gasteiger partial charge in [0.1, 0.15) is 5.65 Å². The Hall–Kier alpha value is -1.71. The van der Waals surface area contributed by atoms with Crippen LogP contribution < -0.4 is 0 Å². The summed E-state index contributed by atoms with van der Waals surface area (Å²) < 4.78 is 13.0. The molecule has 1 N–H and O–H groups in total. The highest BCUT2D eigenvalue weighted by atomic mass is 19.1. The molecule has 0 spiro atoms. The van der Waals surface area contributed by atoms with Gasteiger partial charge in [0.15, 0.2) is 12.1 Å². The first-order valence-electron chi connectivity index (χ1n) is 3.39. The molecule has 3 nitrogen and oxygen atoms in total.